The van der Waals surface area contributed by atoms with Gasteiger partial charge in [-0.2, -0.15) is 9.97 Å². The van der Waals surface area contributed by atoms with Gasteiger partial charge in [-0.3, -0.25) is 4.57 Å². The van der Waals surface area contributed by atoms with E-state index in [4.69, 9.17) is 15.0 Å². The van der Waals surface area contributed by atoms with Gasteiger partial charge in [-0.25, -0.2) is 4.98 Å². The van der Waals surface area contributed by atoms with E-state index in [1.165, 1.54) is 58.1 Å². The van der Waals surface area contributed by atoms with E-state index in [2.05, 4.69) is 235 Å². The molecular formula is C69H52N4S. The smallest absolute Gasteiger partial charge is 0.238 e. The first kappa shape index (κ1) is 46.1. The molecule has 0 aliphatic rings. The minimum Gasteiger partial charge on any atom is -0.277 e. The zero-order valence-electron chi connectivity index (χ0n) is 41.8. The molecule has 0 saturated carbocycles. The predicted octanol–water partition coefficient (Wildman–Crippen LogP) is 19.7. The van der Waals surface area contributed by atoms with Crippen LogP contribution in [0.5, 0.6) is 0 Å². The van der Waals surface area contributed by atoms with Crippen molar-refractivity contribution in [3.8, 4) is 62.1 Å². The van der Waals surface area contributed by atoms with Gasteiger partial charge in [-0.05, 0) is 69.1 Å². The summed E-state index contributed by atoms with van der Waals surface area (Å²) >= 11 is 1.87. The molecule has 14 rings (SSSR count). The average molecular weight is 969 g/mol. The molecule has 0 unspecified atom stereocenters. The molecular weight excluding hydrogens is 917 g/mol. The molecule has 3 heterocycles. The number of rotatable bonds is 6. The second-order valence-electron chi connectivity index (χ2n) is 18.1. The summed E-state index contributed by atoms with van der Waals surface area (Å²) in [6.07, 6.45) is 4.00. The van der Waals surface area contributed by atoms with Gasteiger partial charge in [0.15, 0.2) is 11.6 Å². The van der Waals surface area contributed by atoms with Crippen LogP contribution in [-0.4, -0.2) is 19.5 Å². The van der Waals surface area contributed by atoms with Crippen LogP contribution in [0.15, 0.2) is 243 Å². The molecule has 3 aromatic heterocycles. The highest BCUT2D eigenvalue weighted by Crippen LogP contribution is 2.48. The summed E-state index contributed by atoms with van der Waals surface area (Å²) in [5.41, 5.74) is 10.8. The summed E-state index contributed by atoms with van der Waals surface area (Å²) in [6, 6.07) is 82.6. The van der Waals surface area contributed by atoms with E-state index in [1.807, 2.05) is 51.2 Å². The van der Waals surface area contributed by atoms with Crippen LogP contribution in [0.2, 0.25) is 0 Å². The molecule has 0 atom stereocenters. The highest BCUT2D eigenvalue weighted by atomic mass is 32.1. The molecule has 0 saturated heterocycles. The Morgan fingerprint density at radius 3 is 1.39 bits per heavy atom. The van der Waals surface area contributed by atoms with Gasteiger partial charge in [-0.1, -0.05) is 250 Å². The molecule has 14 aromatic rings. The lowest BCUT2D eigenvalue weighted by Crippen LogP contribution is -2.07. The van der Waals surface area contributed by atoms with Crippen LogP contribution < -0.4 is 0 Å². The minimum absolute atomic E-state index is 0.562. The summed E-state index contributed by atoms with van der Waals surface area (Å²) in [7, 11) is 0. The molecule has 4 nitrogen and oxygen atoms in total. The fraction of sp³-hybridized carbons (Fsp3) is 0.0580. The van der Waals surface area contributed by atoms with Gasteiger partial charge >= 0.3 is 0 Å². The summed E-state index contributed by atoms with van der Waals surface area (Å²) in [4.78, 5) is 16.4. The Balaban J connectivity index is 0.000000886. The van der Waals surface area contributed by atoms with Crippen molar-refractivity contribution in [2.75, 3.05) is 0 Å². The Morgan fingerprint density at radius 1 is 0.338 bits per heavy atom. The van der Waals surface area contributed by atoms with E-state index in [0.29, 0.717) is 17.6 Å². The third kappa shape index (κ3) is 7.99. The summed E-state index contributed by atoms with van der Waals surface area (Å²) in [5, 5.41) is 12.1. The number of nitrogens with zero attached hydrogens (tertiary/aromatic N) is 4. The third-order valence-corrected chi connectivity index (χ3v) is 15.2. The standard InChI is InChI=1S/C63H38N4S.C4H8.C2H6/c1-3-15-39(16-4-1)41-29-33-44(34-30-41)61-64-62(45-35-31-42(32-36-45)40-17-5-2-6-18-40)66-63(65-61)67-58-51(52-26-14-28-54-56-46-20-8-7-19-43(46)37-38-55(56)68-60(52)54)25-13-27-53(58)57-49-23-11-9-21-47(49)48-22-10-12-24-50(48)59(57)67;1-3-4-2;1-2/h1-38H;3-4H,1-2H3;1-2H3/b;4-3-;. The van der Waals surface area contributed by atoms with Crippen LogP contribution in [0.25, 0.3) is 136 Å². The molecule has 0 aliphatic heterocycles. The minimum atomic E-state index is 0.562. The maximum absolute atomic E-state index is 5.54. The molecule has 11 aromatic carbocycles. The topological polar surface area (TPSA) is 43.6 Å². The molecule has 0 spiro atoms. The van der Waals surface area contributed by atoms with Gasteiger partial charge in [0, 0.05) is 58.6 Å². The lowest BCUT2D eigenvalue weighted by Gasteiger charge is -2.15. The SMILES string of the molecule is C/C=C\C.CC.c1ccc(-c2ccc(-c3nc(-c4ccc(-c5ccccc5)cc4)nc(-n4c5c(-c6cccc7c6sc6ccc8ccccc8c67)cccc5c5c6ccccc6c6ccccc6c54)n3)cc2)cc1. The molecule has 0 radical (unpaired) electrons. The van der Waals surface area contributed by atoms with Gasteiger partial charge in [0.05, 0.1) is 11.0 Å². The monoisotopic (exact) mass is 968 g/mol. The van der Waals surface area contributed by atoms with Crippen molar-refractivity contribution in [3.05, 3.63) is 243 Å². The van der Waals surface area contributed by atoms with E-state index in [1.54, 1.807) is 0 Å². The Bertz CT molecular complexity index is 4270. The maximum atomic E-state index is 5.54. The van der Waals surface area contributed by atoms with E-state index in [0.717, 1.165) is 60.8 Å². The molecule has 0 fully saturated rings. The Morgan fingerprint density at radius 2 is 0.797 bits per heavy atom. The predicted molar refractivity (Wildman–Crippen MR) is 319 cm³/mol. The van der Waals surface area contributed by atoms with Gasteiger partial charge in [0.1, 0.15) is 0 Å². The number of fused-ring (bicyclic) bond motifs is 13. The first-order chi connectivity index (χ1) is 36.6. The Kier molecular flexibility index (Phi) is 12.4. The Hall–Kier alpha value is -9.03. The quantitative estimate of drug-likeness (QED) is 0.123. The number of hydrogen-bond acceptors (Lipinski definition) is 4. The van der Waals surface area contributed by atoms with Gasteiger partial charge in [0.2, 0.25) is 5.95 Å². The van der Waals surface area contributed by atoms with Crippen LogP contribution in [0.3, 0.4) is 0 Å². The highest BCUT2D eigenvalue weighted by Gasteiger charge is 2.25. The summed E-state index contributed by atoms with van der Waals surface area (Å²) in [6.45, 7) is 8.00. The fourth-order valence-corrected chi connectivity index (χ4v) is 11.8. The number of para-hydroxylation sites is 1. The van der Waals surface area contributed by atoms with Crippen LogP contribution in [0.4, 0.5) is 0 Å². The molecule has 0 amide bonds. The fourth-order valence-electron chi connectivity index (χ4n) is 10.5. The number of benzene rings is 11. The van der Waals surface area contributed by atoms with E-state index >= 15 is 0 Å². The zero-order chi connectivity index (χ0) is 50.1. The van der Waals surface area contributed by atoms with Gasteiger partial charge < -0.3 is 0 Å². The normalized spacial score (nSPS) is 11.5. The molecule has 0 aliphatic carbocycles. The van der Waals surface area contributed by atoms with Crippen molar-refractivity contribution in [1.29, 1.82) is 0 Å². The van der Waals surface area contributed by atoms with Crippen LogP contribution in [-0.2, 0) is 0 Å². The third-order valence-electron chi connectivity index (χ3n) is 14.0. The number of hydrogen-bond donors (Lipinski definition) is 0. The molecule has 354 valence electrons. The Labute approximate surface area is 435 Å². The van der Waals surface area contributed by atoms with Crippen molar-refractivity contribution in [1.82, 2.24) is 19.5 Å². The van der Waals surface area contributed by atoms with E-state index in [-0.39, 0.29) is 0 Å². The van der Waals surface area contributed by atoms with Crippen LogP contribution in [0.1, 0.15) is 27.7 Å². The number of allylic oxidation sites excluding steroid dienone is 2. The molecule has 0 N–H and O–H groups in total. The van der Waals surface area contributed by atoms with Crippen molar-refractivity contribution >= 4 is 85.6 Å². The number of aromatic nitrogens is 4. The van der Waals surface area contributed by atoms with Crippen molar-refractivity contribution in [2.24, 2.45) is 0 Å². The second-order valence-corrected chi connectivity index (χ2v) is 19.2. The van der Waals surface area contributed by atoms with E-state index < -0.39 is 0 Å². The van der Waals surface area contributed by atoms with E-state index in [9.17, 15) is 0 Å². The van der Waals surface area contributed by atoms with Gasteiger partial charge in [-0.15, -0.1) is 11.3 Å². The average Bonchev–Trinajstić information content (AvgIpc) is 4.11. The second kappa shape index (κ2) is 19.9. The van der Waals surface area contributed by atoms with Crippen molar-refractivity contribution in [3.63, 3.8) is 0 Å². The largest absolute Gasteiger partial charge is 0.277 e. The molecule has 74 heavy (non-hydrogen) atoms. The summed E-state index contributed by atoms with van der Waals surface area (Å²) in [5.74, 6) is 1.77. The van der Waals surface area contributed by atoms with Crippen molar-refractivity contribution < 1.29 is 0 Å². The lowest BCUT2D eigenvalue weighted by atomic mass is 9.95. The maximum Gasteiger partial charge on any atom is 0.238 e. The lowest BCUT2D eigenvalue weighted by molar-refractivity contribution is 0.955. The van der Waals surface area contributed by atoms with Crippen molar-refractivity contribution in [2.45, 2.75) is 27.7 Å². The first-order valence-electron chi connectivity index (χ1n) is 25.5. The number of thiophene rings is 1. The molecule has 0 bridgehead atoms. The summed E-state index contributed by atoms with van der Waals surface area (Å²) < 4.78 is 4.88. The molecule has 5 heteroatoms. The highest BCUT2D eigenvalue weighted by molar-refractivity contribution is 7.26. The van der Waals surface area contributed by atoms with Crippen LogP contribution >= 0.6 is 11.3 Å². The van der Waals surface area contributed by atoms with Crippen LogP contribution in [0, 0.1) is 0 Å². The zero-order valence-corrected chi connectivity index (χ0v) is 42.6. The van der Waals surface area contributed by atoms with Gasteiger partial charge in [0.25, 0.3) is 0 Å². The first-order valence-corrected chi connectivity index (χ1v) is 26.3.